The first-order valence-corrected chi connectivity index (χ1v) is 5.95. The smallest absolute Gasteiger partial charge is 0.170 e. The molecule has 5 heteroatoms. The SMILES string of the molecule is Cc1nn(C)cc1NC(=S)NCCC(C)C. The fourth-order valence-electron chi connectivity index (χ4n) is 1.36. The van der Waals surface area contributed by atoms with Gasteiger partial charge in [0.25, 0.3) is 0 Å². The molecule has 1 heterocycles. The summed E-state index contributed by atoms with van der Waals surface area (Å²) in [5.41, 5.74) is 1.92. The number of aromatic nitrogens is 2. The van der Waals surface area contributed by atoms with Crippen molar-refractivity contribution in [1.82, 2.24) is 15.1 Å². The van der Waals surface area contributed by atoms with Gasteiger partial charge < -0.3 is 10.6 Å². The molecular weight excluding hydrogens is 220 g/mol. The van der Waals surface area contributed by atoms with Gasteiger partial charge in [-0.3, -0.25) is 4.68 Å². The van der Waals surface area contributed by atoms with Crippen molar-refractivity contribution in [3.8, 4) is 0 Å². The van der Waals surface area contributed by atoms with Crippen LogP contribution in [0.2, 0.25) is 0 Å². The second-order valence-corrected chi connectivity index (χ2v) is 4.77. The van der Waals surface area contributed by atoms with Crippen LogP contribution in [-0.4, -0.2) is 21.4 Å². The average Bonchev–Trinajstić information content (AvgIpc) is 2.44. The van der Waals surface area contributed by atoms with Crippen LogP contribution >= 0.6 is 12.2 Å². The summed E-state index contributed by atoms with van der Waals surface area (Å²) < 4.78 is 1.77. The summed E-state index contributed by atoms with van der Waals surface area (Å²) in [6.45, 7) is 7.26. The molecule has 1 aromatic rings. The maximum absolute atomic E-state index is 5.20. The molecule has 0 aliphatic rings. The molecule has 90 valence electrons. The normalized spacial score (nSPS) is 10.6. The van der Waals surface area contributed by atoms with Gasteiger partial charge in [-0.15, -0.1) is 0 Å². The Morgan fingerprint density at radius 2 is 2.25 bits per heavy atom. The maximum Gasteiger partial charge on any atom is 0.170 e. The highest BCUT2D eigenvalue weighted by Gasteiger charge is 2.04. The van der Waals surface area contributed by atoms with Crippen molar-refractivity contribution in [2.75, 3.05) is 11.9 Å². The first kappa shape index (κ1) is 13.0. The number of hydrogen-bond donors (Lipinski definition) is 2. The fraction of sp³-hybridized carbons (Fsp3) is 0.636. The van der Waals surface area contributed by atoms with Gasteiger partial charge in [-0.1, -0.05) is 13.8 Å². The summed E-state index contributed by atoms with van der Waals surface area (Å²) in [7, 11) is 1.90. The zero-order valence-corrected chi connectivity index (χ0v) is 11.2. The molecule has 0 spiro atoms. The van der Waals surface area contributed by atoms with Crippen molar-refractivity contribution in [2.24, 2.45) is 13.0 Å². The number of rotatable bonds is 4. The molecule has 0 fully saturated rings. The molecule has 0 saturated carbocycles. The van der Waals surface area contributed by atoms with Crippen molar-refractivity contribution >= 4 is 23.0 Å². The van der Waals surface area contributed by atoms with Gasteiger partial charge in [-0.05, 0) is 31.5 Å². The van der Waals surface area contributed by atoms with Gasteiger partial charge >= 0.3 is 0 Å². The number of anilines is 1. The molecule has 16 heavy (non-hydrogen) atoms. The second kappa shape index (κ2) is 5.84. The van der Waals surface area contributed by atoms with Crippen molar-refractivity contribution in [2.45, 2.75) is 27.2 Å². The minimum atomic E-state index is 0.664. The van der Waals surface area contributed by atoms with Gasteiger partial charge in [0.15, 0.2) is 5.11 Å². The Morgan fingerprint density at radius 3 is 2.75 bits per heavy atom. The molecule has 0 radical (unpaired) electrons. The highest BCUT2D eigenvalue weighted by Crippen LogP contribution is 2.10. The topological polar surface area (TPSA) is 41.9 Å². The molecule has 2 N–H and O–H groups in total. The van der Waals surface area contributed by atoms with Crippen LogP contribution in [0.15, 0.2) is 6.20 Å². The van der Waals surface area contributed by atoms with Gasteiger partial charge in [0.2, 0.25) is 0 Å². The average molecular weight is 240 g/mol. The number of aryl methyl sites for hydroxylation is 2. The third-order valence-corrected chi connectivity index (χ3v) is 2.52. The van der Waals surface area contributed by atoms with Crippen molar-refractivity contribution in [3.63, 3.8) is 0 Å². The van der Waals surface area contributed by atoms with E-state index in [0.29, 0.717) is 11.0 Å². The van der Waals surface area contributed by atoms with E-state index in [9.17, 15) is 0 Å². The van der Waals surface area contributed by atoms with Gasteiger partial charge in [-0.25, -0.2) is 0 Å². The molecule has 4 nitrogen and oxygen atoms in total. The Morgan fingerprint density at radius 1 is 1.56 bits per heavy atom. The van der Waals surface area contributed by atoms with Crippen LogP contribution in [0.1, 0.15) is 26.0 Å². The van der Waals surface area contributed by atoms with Crippen LogP contribution in [0.4, 0.5) is 5.69 Å². The van der Waals surface area contributed by atoms with E-state index >= 15 is 0 Å². The Labute approximate surface area is 102 Å². The van der Waals surface area contributed by atoms with Crippen LogP contribution in [-0.2, 0) is 7.05 Å². The predicted octanol–water partition coefficient (Wildman–Crippen LogP) is 2.06. The summed E-state index contributed by atoms with van der Waals surface area (Å²) in [6.07, 6.45) is 3.04. The first-order chi connectivity index (χ1) is 7.49. The lowest BCUT2D eigenvalue weighted by Gasteiger charge is -2.10. The lowest BCUT2D eigenvalue weighted by atomic mass is 10.1. The Bertz CT molecular complexity index is 357. The lowest BCUT2D eigenvalue weighted by Crippen LogP contribution is -2.29. The first-order valence-electron chi connectivity index (χ1n) is 5.54. The summed E-state index contributed by atoms with van der Waals surface area (Å²) >= 11 is 5.20. The van der Waals surface area contributed by atoms with E-state index in [1.165, 1.54) is 0 Å². The monoisotopic (exact) mass is 240 g/mol. The number of nitrogens with zero attached hydrogens (tertiary/aromatic N) is 2. The molecule has 1 rings (SSSR count). The number of hydrogen-bond acceptors (Lipinski definition) is 2. The lowest BCUT2D eigenvalue weighted by molar-refractivity contribution is 0.579. The highest BCUT2D eigenvalue weighted by atomic mass is 32.1. The largest absolute Gasteiger partial charge is 0.362 e. The predicted molar refractivity (Wildman–Crippen MR) is 71.6 cm³/mol. The fourth-order valence-corrected chi connectivity index (χ4v) is 1.58. The molecule has 0 aliphatic heterocycles. The Hall–Kier alpha value is -1.10. The van der Waals surface area contributed by atoms with Crippen LogP contribution in [0, 0.1) is 12.8 Å². The molecule has 0 aromatic carbocycles. The summed E-state index contributed by atoms with van der Waals surface area (Å²) in [5.74, 6) is 0.690. The molecule has 0 atom stereocenters. The van der Waals surface area contributed by atoms with Crippen molar-refractivity contribution in [1.29, 1.82) is 0 Å². The van der Waals surface area contributed by atoms with Gasteiger partial charge in [0, 0.05) is 19.8 Å². The quantitative estimate of drug-likeness (QED) is 0.791. The zero-order chi connectivity index (χ0) is 12.1. The molecule has 1 aromatic heterocycles. The molecular formula is C11H20N4S. The summed E-state index contributed by atoms with van der Waals surface area (Å²) in [5, 5.41) is 11.2. The van der Waals surface area contributed by atoms with Gasteiger partial charge in [0.05, 0.1) is 11.4 Å². The van der Waals surface area contributed by atoms with Gasteiger partial charge in [-0.2, -0.15) is 5.10 Å². The maximum atomic E-state index is 5.20. The third kappa shape index (κ3) is 4.18. The van der Waals surface area contributed by atoms with E-state index in [-0.39, 0.29) is 0 Å². The van der Waals surface area contributed by atoms with E-state index < -0.39 is 0 Å². The molecule has 0 amide bonds. The van der Waals surface area contributed by atoms with E-state index in [4.69, 9.17) is 12.2 Å². The number of thiocarbonyl (C=S) groups is 1. The second-order valence-electron chi connectivity index (χ2n) is 4.37. The van der Waals surface area contributed by atoms with E-state index in [2.05, 4.69) is 29.6 Å². The zero-order valence-electron chi connectivity index (χ0n) is 10.4. The molecule has 0 bridgehead atoms. The molecule has 0 unspecified atom stereocenters. The Balaban J connectivity index is 2.37. The van der Waals surface area contributed by atoms with Crippen molar-refractivity contribution in [3.05, 3.63) is 11.9 Å². The van der Waals surface area contributed by atoms with Gasteiger partial charge in [0.1, 0.15) is 0 Å². The van der Waals surface area contributed by atoms with E-state index in [1.807, 2.05) is 20.2 Å². The Kier molecular flexibility index (Phi) is 4.73. The standard InChI is InChI=1S/C11H20N4S/c1-8(2)5-6-12-11(16)13-10-7-15(4)14-9(10)3/h7-8H,5-6H2,1-4H3,(H2,12,13,16). The van der Waals surface area contributed by atoms with E-state index in [1.54, 1.807) is 4.68 Å². The minimum Gasteiger partial charge on any atom is -0.362 e. The minimum absolute atomic E-state index is 0.664. The van der Waals surface area contributed by atoms with Crippen LogP contribution in [0.3, 0.4) is 0 Å². The van der Waals surface area contributed by atoms with Crippen LogP contribution in [0.5, 0.6) is 0 Å². The van der Waals surface area contributed by atoms with Crippen LogP contribution < -0.4 is 10.6 Å². The summed E-state index contributed by atoms with van der Waals surface area (Å²) in [6, 6.07) is 0. The molecule has 0 aliphatic carbocycles. The highest BCUT2D eigenvalue weighted by molar-refractivity contribution is 7.80. The van der Waals surface area contributed by atoms with Crippen molar-refractivity contribution < 1.29 is 0 Å². The third-order valence-electron chi connectivity index (χ3n) is 2.27. The summed E-state index contributed by atoms with van der Waals surface area (Å²) in [4.78, 5) is 0. The molecule has 0 saturated heterocycles. The van der Waals surface area contributed by atoms with Crippen LogP contribution in [0.25, 0.3) is 0 Å². The van der Waals surface area contributed by atoms with E-state index in [0.717, 1.165) is 24.3 Å². The number of nitrogens with one attached hydrogen (secondary N) is 2.